The Hall–Kier alpha value is -1.92. The van der Waals surface area contributed by atoms with E-state index in [0.29, 0.717) is 6.04 Å². The normalized spacial score (nSPS) is 25.2. The number of likely N-dealkylation sites (tertiary alicyclic amines) is 1. The number of piperidine rings is 1. The smallest absolute Gasteiger partial charge is 0.238 e. The summed E-state index contributed by atoms with van der Waals surface area (Å²) in [6.07, 6.45) is 2.09. The van der Waals surface area contributed by atoms with Gasteiger partial charge in [-0.05, 0) is 61.4 Å². The number of carbonyl (C=O) groups is 1. The number of aryl methyl sites for hydroxylation is 1. The minimum absolute atomic E-state index is 0. The number of halogens is 1. The summed E-state index contributed by atoms with van der Waals surface area (Å²) in [5, 5.41) is 19.9. The third-order valence-electron chi connectivity index (χ3n) is 7.41. The fourth-order valence-corrected chi connectivity index (χ4v) is 5.90. The summed E-state index contributed by atoms with van der Waals surface area (Å²) in [6.45, 7) is 3.94. The molecule has 5 nitrogen and oxygen atoms in total. The van der Waals surface area contributed by atoms with Gasteiger partial charge in [-0.2, -0.15) is 0 Å². The van der Waals surface area contributed by atoms with Crippen LogP contribution in [0.25, 0.3) is 0 Å². The fraction of sp³-hybridized carbons (Fsp3) is 0.458. The molecule has 1 aliphatic carbocycles. The van der Waals surface area contributed by atoms with Crippen LogP contribution in [0.3, 0.4) is 0 Å². The molecule has 2 N–H and O–H groups in total. The molecule has 160 valence electrons. The fourth-order valence-electron chi connectivity index (χ4n) is 5.90. The predicted molar refractivity (Wildman–Crippen MR) is 119 cm³/mol. The van der Waals surface area contributed by atoms with Gasteiger partial charge in [0.2, 0.25) is 5.91 Å². The van der Waals surface area contributed by atoms with Crippen molar-refractivity contribution < 1.29 is 15.0 Å². The lowest BCUT2D eigenvalue weighted by Crippen LogP contribution is -2.77. The maximum absolute atomic E-state index is 12.8. The Balaban J connectivity index is 0.00000218. The van der Waals surface area contributed by atoms with Crippen molar-refractivity contribution in [3.63, 3.8) is 0 Å². The van der Waals surface area contributed by atoms with Gasteiger partial charge in [-0.1, -0.05) is 36.4 Å². The van der Waals surface area contributed by atoms with E-state index in [1.54, 1.807) is 0 Å². The Morgan fingerprint density at radius 1 is 1.00 bits per heavy atom. The van der Waals surface area contributed by atoms with Crippen LogP contribution in [0.15, 0.2) is 48.5 Å². The number of anilines is 1. The summed E-state index contributed by atoms with van der Waals surface area (Å²) in [6, 6.07) is 16.7. The quantitative estimate of drug-likeness (QED) is 0.582. The van der Waals surface area contributed by atoms with Crippen molar-refractivity contribution in [2.75, 3.05) is 18.0 Å². The first kappa shape index (κ1) is 21.3. The molecule has 2 aromatic carbocycles. The number of aliphatic hydroxyl groups is 2. The first-order valence-corrected chi connectivity index (χ1v) is 10.6. The summed E-state index contributed by atoms with van der Waals surface area (Å²) < 4.78 is 0. The molecule has 0 saturated carbocycles. The molecule has 2 aliphatic heterocycles. The van der Waals surface area contributed by atoms with E-state index in [4.69, 9.17) is 0 Å². The maximum Gasteiger partial charge on any atom is 0.238 e. The Kier molecular flexibility index (Phi) is 5.66. The highest BCUT2D eigenvalue weighted by Crippen LogP contribution is 2.49. The summed E-state index contributed by atoms with van der Waals surface area (Å²) in [5.41, 5.74) is 4.69. The van der Waals surface area contributed by atoms with Gasteiger partial charge in [0, 0.05) is 24.8 Å². The first-order valence-electron chi connectivity index (χ1n) is 10.6. The lowest BCUT2D eigenvalue weighted by Gasteiger charge is -2.61. The molecule has 0 radical (unpaired) electrons. The van der Waals surface area contributed by atoms with E-state index in [2.05, 4.69) is 30.0 Å². The Bertz CT molecular complexity index is 925. The van der Waals surface area contributed by atoms with Crippen LogP contribution in [-0.2, 0) is 17.6 Å². The zero-order chi connectivity index (χ0) is 20.2. The lowest BCUT2D eigenvalue weighted by molar-refractivity contribution is -0.170. The zero-order valence-electron chi connectivity index (χ0n) is 17.2. The van der Waals surface area contributed by atoms with Gasteiger partial charge in [-0.15, -0.1) is 12.4 Å². The predicted octanol–water partition coefficient (Wildman–Crippen LogP) is 2.69. The highest BCUT2D eigenvalue weighted by atomic mass is 35.5. The number of hydrogen-bond acceptors (Lipinski definition) is 4. The monoisotopic (exact) mass is 428 g/mol. The summed E-state index contributed by atoms with van der Waals surface area (Å²) in [5.74, 6) is -0.906. The van der Waals surface area contributed by atoms with Crippen LogP contribution in [0.4, 0.5) is 5.69 Å². The molecule has 6 heteroatoms. The van der Waals surface area contributed by atoms with Crippen LogP contribution >= 0.6 is 12.4 Å². The number of nitrogens with zero attached hydrogens (tertiary/aromatic N) is 2. The van der Waals surface area contributed by atoms with Crippen molar-refractivity contribution in [2.45, 2.75) is 50.5 Å². The lowest BCUT2D eigenvalue weighted by atomic mass is 9.66. The average molecular weight is 429 g/mol. The maximum atomic E-state index is 12.8. The van der Waals surface area contributed by atoms with Crippen molar-refractivity contribution in [3.8, 4) is 0 Å². The van der Waals surface area contributed by atoms with Crippen LogP contribution in [0.5, 0.6) is 0 Å². The number of carbonyl (C=O) groups excluding carboxylic acids is 1. The number of rotatable bonds is 3. The number of hydrogen-bond donors (Lipinski definition) is 2. The molecule has 0 bridgehead atoms. The summed E-state index contributed by atoms with van der Waals surface area (Å²) in [7, 11) is 0. The van der Waals surface area contributed by atoms with Crippen molar-refractivity contribution in [3.05, 3.63) is 65.2 Å². The molecule has 5 rings (SSSR count). The van der Waals surface area contributed by atoms with E-state index in [9.17, 15) is 15.0 Å². The molecule has 3 aliphatic rings. The summed E-state index contributed by atoms with van der Waals surface area (Å²) in [4.78, 5) is 17.2. The number of aliphatic hydroxyl groups excluding tert-OH is 1. The molecular formula is C24H29ClN2O3. The van der Waals surface area contributed by atoms with Crippen LogP contribution in [0, 0.1) is 12.8 Å². The molecule has 2 fully saturated rings. The van der Waals surface area contributed by atoms with E-state index >= 15 is 0 Å². The van der Waals surface area contributed by atoms with E-state index in [1.165, 1.54) is 16.7 Å². The molecule has 1 spiro atoms. The number of benzene rings is 2. The summed E-state index contributed by atoms with van der Waals surface area (Å²) >= 11 is 0. The minimum atomic E-state index is -1.60. The first-order chi connectivity index (χ1) is 14.0. The number of amides is 1. The second-order valence-electron chi connectivity index (χ2n) is 8.81. The SMILES string of the molecule is Cc1cccc2c1CC(N1CCC3(CC1)C(C(O)O)C(=O)N3c1ccccc1)C2.Cl. The third-order valence-corrected chi connectivity index (χ3v) is 7.41. The molecule has 2 unspecified atom stereocenters. The van der Waals surface area contributed by atoms with E-state index in [0.717, 1.165) is 44.5 Å². The molecule has 2 aromatic rings. The second kappa shape index (κ2) is 7.97. The average Bonchev–Trinajstić information content (AvgIpc) is 3.14. The van der Waals surface area contributed by atoms with Gasteiger partial charge in [-0.3, -0.25) is 9.69 Å². The third kappa shape index (κ3) is 3.16. The molecular weight excluding hydrogens is 400 g/mol. The van der Waals surface area contributed by atoms with E-state index in [-0.39, 0.29) is 18.3 Å². The van der Waals surface area contributed by atoms with Gasteiger partial charge in [0.05, 0.1) is 5.54 Å². The van der Waals surface area contributed by atoms with E-state index < -0.39 is 17.7 Å². The zero-order valence-corrected chi connectivity index (χ0v) is 18.0. The van der Waals surface area contributed by atoms with Gasteiger partial charge < -0.3 is 15.1 Å². The van der Waals surface area contributed by atoms with E-state index in [1.807, 2.05) is 35.2 Å². The van der Waals surface area contributed by atoms with Crippen LogP contribution < -0.4 is 4.90 Å². The van der Waals surface area contributed by atoms with Gasteiger partial charge in [0.15, 0.2) is 6.29 Å². The van der Waals surface area contributed by atoms with Gasteiger partial charge in [0.1, 0.15) is 5.92 Å². The molecule has 2 heterocycles. The van der Waals surface area contributed by atoms with Crippen LogP contribution in [-0.4, -0.2) is 52.0 Å². The van der Waals surface area contributed by atoms with Gasteiger partial charge in [-0.25, -0.2) is 0 Å². The molecule has 0 aromatic heterocycles. The highest BCUT2D eigenvalue weighted by Gasteiger charge is 2.63. The second-order valence-corrected chi connectivity index (χ2v) is 8.81. The standard InChI is InChI=1S/C24H28N2O3.ClH/c1-16-6-5-7-17-14-19(15-20(16)17)25-12-10-24(11-13-25)21(23(28)29)22(27)26(24)18-8-3-2-4-9-18;/h2-9,19,21,23,28-29H,10-15H2,1H3;1H. The molecule has 1 amide bonds. The largest absolute Gasteiger partial charge is 0.367 e. The topological polar surface area (TPSA) is 64.0 Å². The van der Waals surface area contributed by atoms with Crippen LogP contribution in [0.2, 0.25) is 0 Å². The number of β-lactam (4-membered cyclic amide) rings is 1. The Morgan fingerprint density at radius 3 is 2.33 bits per heavy atom. The molecule has 2 saturated heterocycles. The molecule has 2 atom stereocenters. The van der Waals surface area contributed by atoms with Gasteiger partial charge >= 0.3 is 0 Å². The Labute approximate surface area is 183 Å². The van der Waals surface area contributed by atoms with Crippen LogP contribution in [0.1, 0.15) is 29.5 Å². The Morgan fingerprint density at radius 2 is 1.70 bits per heavy atom. The highest BCUT2D eigenvalue weighted by molar-refractivity contribution is 6.05. The minimum Gasteiger partial charge on any atom is -0.367 e. The molecule has 30 heavy (non-hydrogen) atoms. The number of para-hydroxylation sites is 1. The number of fused-ring (bicyclic) bond motifs is 1. The van der Waals surface area contributed by atoms with Crippen molar-refractivity contribution >= 4 is 24.0 Å². The van der Waals surface area contributed by atoms with Gasteiger partial charge in [0.25, 0.3) is 0 Å². The van der Waals surface area contributed by atoms with Crippen molar-refractivity contribution in [2.24, 2.45) is 5.92 Å². The van der Waals surface area contributed by atoms with Crippen molar-refractivity contribution in [1.29, 1.82) is 0 Å². The van der Waals surface area contributed by atoms with Crippen molar-refractivity contribution in [1.82, 2.24) is 4.90 Å².